The first-order valence-corrected chi connectivity index (χ1v) is 17.0. The average Bonchev–Trinajstić information content (AvgIpc) is 3.08. The van der Waals surface area contributed by atoms with Gasteiger partial charge in [-0.2, -0.15) is 13.2 Å². The maximum Gasteiger partial charge on any atom is 0.401 e. The van der Waals surface area contributed by atoms with Gasteiger partial charge >= 0.3 is 6.18 Å². The van der Waals surface area contributed by atoms with E-state index in [1.165, 1.54) is 19.0 Å². The van der Waals surface area contributed by atoms with Crippen molar-refractivity contribution in [3.63, 3.8) is 0 Å². The Bertz CT molecular complexity index is 1330. The van der Waals surface area contributed by atoms with E-state index in [0.29, 0.717) is 6.42 Å². The highest BCUT2D eigenvalue weighted by Crippen LogP contribution is 2.29. The van der Waals surface area contributed by atoms with Crippen molar-refractivity contribution in [1.29, 1.82) is 0 Å². The van der Waals surface area contributed by atoms with Crippen LogP contribution in [0.3, 0.4) is 0 Å². The highest BCUT2D eigenvalue weighted by molar-refractivity contribution is 5.91. The Labute approximate surface area is 294 Å². The highest BCUT2D eigenvalue weighted by Gasteiger charge is 2.36. The van der Waals surface area contributed by atoms with Gasteiger partial charge in [0.2, 0.25) is 17.7 Å². The van der Waals surface area contributed by atoms with Gasteiger partial charge in [0.15, 0.2) is 0 Å². The van der Waals surface area contributed by atoms with Gasteiger partial charge in [-0.3, -0.25) is 19.3 Å². The maximum absolute atomic E-state index is 13.9. The van der Waals surface area contributed by atoms with Crippen LogP contribution >= 0.6 is 0 Å². The van der Waals surface area contributed by atoms with Gasteiger partial charge in [0.25, 0.3) is 0 Å². The van der Waals surface area contributed by atoms with Gasteiger partial charge in [-0.1, -0.05) is 74.3 Å². The average molecular weight is 701 g/mol. The summed E-state index contributed by atoms with van der Waals surface area (Å²) in [6, 6.07) is 6.56. The van der Waals surface area contributed by atoms with Gasteiger partial charge in [-0.15, -0.1) is 25.2 Å². The molecule has 3 amide bonds. The standard InChI is InChI=1S/C38H51F3N4O5/c1-6-9-20-32(46)35(48)31(24-28-18-14-11-15-19-28)42-37(50)34(29(7-2)8-3)43-36(49)30(23-27-16-12-10-13-17-27)25-33(47)45(5)22-21-44(4)26-38(39,40)41/h1-3,10,12-13,16-17,28-32,34-35,46,48H,9,11,14-15,18-26H2,4-5H3,(H,42,50)(H,43,49)/t30?,31?,32?,34-,35+/m0/s1. The normalized spacial score (nSPS) is 16.6. The van der Waals surface area contributed by atoms with Gasteiger partial charge in [-0.05, 0) is 37.8 Å². The number of aliphatic hydroxyl groups excluding tert-OH is 2. The van der Waals surface area contributed by atoms with Crippen LogP contribution in [0.2, 0.25) is 0 Å². The molecule has 4 N–H and O–H groups in total. The minimum Gasteiger partial charge on any atom is -0.390 e. The topological polar surface area (TPSA) is 122 Å². The van der Waals surface area contributed by atoms with Crippen LogP contribution in [0.15, 0.2) is 30.3 Å². The fourth-order valence-corrected chi connectivity index (χ4v) is 6.17. The molecule has 0 spiro atoms. The SMILES string of the molecule is C#CCCC(O)[C@H](O)C(CC1CCCCC1)NC(=O)[C@@H](NC(=O)C(CC(=O)N(C)CCN(C)CC(F)(F)F)Cc1ccccc1)C(C#C)C#C. The van der Waals surface area contributed by atoms with E-state index in [4.69, 9.17) is 19.3 Å². The van der Waals surface area contributed by atoms with E-state index >= 15 is 0 Å². The van der Waals surface area contributed by atoms with Crippen molar-refractivity contribution in [2.24, 2.45) is 17.8 Å². The lowest BCUT2D eigenvalue weighted by Gasteiger charge is -2.33. The molecule has 0 aromatic heterocycles. The molecule has 0 bridgehead atoms. The third kappa shape index (κ3) is 14.8. The van der Waals surface area contributed by atoms with Crippen molar-refractivity contribution in [3.05, 3.63) is 35.9 Å². The van der Waals surface area contributed by atoms with Crippen molar-refractivity contribution in [2.45, 2.75) is 94.7 Å². The van der Waals surface area contributed by atoms with Crippen LogP contribution in [-0.4, -0.2) is 102 Å². The number of terminal acetylenes is 3. The number of hydrogen-bond donors (Lipinski definition) is 4. The summed E-state index contributed by atoms with van der Waals surface area (Å²) in [6.07, 6.45) is 15.2. The molecule has 0 radical (unpaired) electrons. The summed E-state index contributed by atoms with van der Waals surface area (Å²) >= 11 is 0. The minimum absolute atomic E-state index is 0.00964. The van der Waals surface area contributed by atoms with Gasteiger partial charge in [0, 0.05) is 33.0 Å². The number of likely N-dealkylation sites (N-methyl/N-ethyl adjacent to an activating group) is 2. The van der Waals surface area contributed by atoms with Crippen LogP contribution < -0.4 is 10.6 Å². The number of nitrogens with one attached hydrogen (secondary N) is 2. The van der Waals surface area contributed by atoms with Gasteiger partial charge in [-0.25, -0.2) is 0 Å². The van der Waals surface area contributed by atoms with Crippen LogP contribution in [0.4, 0.5) is 13.2 Å². The lowest BCUT2D eigenvalue weighted by atomic mass is 9.82. The van der Waals surface area contributed by atoms with Crippen LogP contribution in [0.1, 0.15) is 63.4 Å². The van der Waals surface area contributed by atoms with Crippen LogP contribution in [-0.2, 0) is 20.8 Å². The molecule has 274 valence electrons. The van der Waals surface area contributed by atoms with Crippen molar-refractivity contribution in [1.82, 2.24) is 20.4 Å². The molecule has 0 aliphatic heterocycles. The number of carbonyl (C=O) groups is 3. The van der Waals surface area contributed by atoms with E-state index in [0.717, 1.165) is 42.6 Å². The Kier molecular flexibility index (Phi) is 17.9. The molecule has 2 rings (SSSR count). The molecule has 50 heavy (non-hydrogen) atoms. The number of nitrogens with zero attached hydrogens (tertiary/aromatic N) is 2. The molecule has 1 saturated carbocycles. The molecule has 1 aliphatic carbocycles. The van der Waals surface area contributed by atoms with E-state index in [1.54, 1.807) is 30.3 Å². The number of alkyl halides is 3. The summed E-state index contributed by atoms with van der Waals surface area (Å²) in [6.45, 7) is -1.19. The molecule has 12 heteroatoms. The van der Waals surface area contributed by atoms with Crippen LogP contribution in [0.25, 0.3) is 0 Å². The number of aliphatic hydroxyl groups is 2. The molecular formula is C38H51F3N4O5. The van der Waals surface area contributed by atoms with E-state index in [1.807, 2.05) is 0 Å². The van der Waals surface area contributed by atoms with Gasteiger partial charge < -0.3 is 25.7 Å². The third-order valence-electron chi connectivity index (χ3n) is 9.11. The number of benzene rings is 1. The molecular weight excluding hydrogens is 649 g/mol. The lowest BCUT2D eigenvalue weighted by Crippen LogP contribution is -2.57. The van der Waals surface area contributed by atoms with Crippen molar-refractivity contribution in [3.8, 4) is 37.0 Å². The molecule has 0 heterocycles. The fourth-order valence-electron chi connectivity index (χ4n) is 6.17. The zero-order valence-corrected chi connectivity index (χ0v) is 29.0. The van der Waals surface area contributed by atoms with Crippen molar-refractivity contribution in [2.75, 3.05) is 33.7 Å². The van der Waals surface area contributed by atoms with Gasteiger partial charge in [0.1, 0.15) is 18.1 Å². The molecule has 0 saturated heterocycles. The predicted molar refractivity (Wildman–Crippen MR) is 186 cm³/mol. The smallest absolute Gasteiger partial charge is 0.390 e. The molecule has 9 nitrogen and oxygen atoms in total. The molecule has 5 atom stereocenters. The quantitative estimate of drug-likeness (QED) is 0.165. The van der Waals surface area contributed by atoms with Crippen LogP contribution in [0.5, 0.6) is 0 Å². The van der Waals surface area contributed by atoms with Crippen molar-refractivity contribution < 1.29 is 37.8 Å². The first-order valence-electron chi connectivity index (χ1n) is 17.0. The van der Waals surface area contributed by atoms with Crippen LogP contribution in [0, 0.1) is 54.8 Å². The molecule has 3 unspecified atom stereocenters. The Morgan fingerprint density at radius 2 is 1.60 bits per heavy atom. The Balaban J connectivity index is 2.30. The second-order valence-corrected chi connectivity index (χ2v) is 13.2. The number of amides is 3. The summed E-state index contributed by atoms with van der Waals surface area (Å²) in [5.41, 5.74) is 0.732. The van der Waals surface area contributed by atoms with Crippen molar-refractivity contribution >= 4 is 17.7 Å². The summed E-state index contributed by atoms with van der Waals surface area (Å²) < 4.78 is 38.3. The second kappa shape index (κ2) is 21.3. The first kappa shape index (κ1) is 42.1. The predicted octanol–water partition coefficient (Wildman–Crippen LogP) is 3.15. The minimum atomic E-state index is -4.39. The Morgan fingerprint density at radius 1 is 0.960 bits per heavy atom. The molecule has 1 aliphatic rings. The van der Waals surface area contributed by atoms with Gasteiger partial charge in [0.05, 0.1) is 24.6 Å². The number of hydrogen-bond acceptors (Lipinski definition) is 6. The first-order chi connectivity index (χ1) is 23.7. The Morgan fingerprint density at radius 3 is 2.18 bits per heavy atom. The summed E-state index contributed by atoms with van der Waals surface area (Å²) in [4.78, 5) is 43.4. The second-order valence-electron chi connectivity index (χ2n) is 13.2. The maximum atomic E-state index is 13.9. The third-order valence-corrected chi connectivity index (χ3v) is 9.11. The number of rotatable bonds is 19. The Hall–Kier alpha value is -4.02. The van der Waals surface area contributed by atoms with E-state index in [2.05, 4.69) is 28.4 Å². The molecule has 1 aromatic rings. The summed E-state index contributed by atoms with van der Waals surface area (Å²) in [5.74, 6) is 3.23. The fraction of sp³-hybridized carbons (Fsp3) is 0.605. The summed E-state index contributed by atoms with van der Waals surface area (Å²) in [5, 5.41) is 27.3. The number of carbonyl (C=O) groups excluding carboxylic acids is 3. The van der Waals surface area contributed by atoms with E-state index in [-0.39, 0.29) is 44.7 Å². The lowest BCUT2D eigenvalue weighted by molar-refractivity contribution is -0.144. The zero-order chi connectivity index (χ0) is 37.3. The number of halogens is 3. The monoisotopic (exact) mass is 700 g/mol. The zero-order valence-electron chi connectivity index (χ0n) is 29.0. The van der Waals surface area contributed by atoms with E-state index < -0.39 is 66.6 Å². The highest BCUT2D eigenvalue weighted by atomic mass is 19.4. The molecule has 1 aromatic carbocycles. The van der Waals surface area contributed by atoms with E-state index in [9.17, 15) is 37.8 Å². The largest absolute Gasteiger partial charge is 0.401 e. The molecule has 1 fully saturated rings. The summed E-state index contributed by atoms with van der Waals surface area (Å²) in [7, 11) is 2.74.